The van der Waals surface area contributed by atoms with E-state index in [9.17, 15) is 91.6 Å². The SMILES string of the molecule is O=C(/C=C/c1ccccc1)OC[C@H]1O[C@@H]2O[C@H]3[C@H](O)[C@@H](O)[C@@H](O[C@H]4[C@H](O)[C@@H](O)[C@@H](O[C@H]5[C@H](O)[C@@H](O)[C@@H](O[C@H]6[C@H](O)[C@@H](O)[C@@H](O[C@H]7[C@H](O)[C@@H](O)[C@@H](O[C@H]1[C@H](O)[C@H]2O)O[C@@H]7CO)O[C@@H]6CO)O[C@@H]5CO)O[C@@H]4CO)O[C@@H]3CO. The summed E-state index contributed by atoms with van der Waals surface area (Å²) in [6, 6.07) is 8.51. The van der Waals surface area contributed by atoms with Gasteiger partial charge in [0.25, 0.3) is 0 Å². The molecule has 31 nitrogen and oxygen atoms in total. The Bertz CT molecular complexity index is 2000. The number of ether oxygens (including phenoxy) is 13. The highest BCUT2D eigenvalue weighted by Gasteiger charge is 2.59. The molecule has 0 aromatic heterocycles. The van der Waals surface area contributed by atoms with E-state index >= 15 is 0 Å². The third-order valence-corrected chi connectivity index (χ3v) is 14.1. The molecule has 22 aliphatic heterocycles. The summed E-state index contributed by atoms with van der Waals surface area (Å²) in [6.45, 7) is -5.95. The minimum absolute atomic E-state index is 0.600. The third kappa shape index (κ3) is 12.3. The van der Waals surface area contributed by atoms with Gasteiger partial charge in [-0.25, -0.2) is 4.79 Å². The van der Waals surface area contributed by atoms with E-state index in [4.69, 9.17) is 61.6 Å². The molecule has 30 atom stereocenters. The lowest BCUT2D eigenvalue weighted by molar-refractivity contribution is -0.404. The van der Waals surface area contributed by atoms with Crippen LogP contribution < -0.4 is 0 Å². The van der Waals surface area contributed by atoms with Crippen molar-refractivity contribution < 1.29 is 153 Å². The number of hydrogen-bond acceptors (Lipinski definition) is 31. The van der Waals surface area contributed by atoms with E-state index in [2.05, 4.69) is 0 Å². The first-order chi connectivity index (χ1) is 36.3. The van der Waals surface area contributed by atoms with Gasteiger partial charge in [0.15, 0.2) is 37.7 Å². The number of hydrogen-bond donors (Lipinski definition) is 17. The van der Waals surface area contributed by atoms with Gasteiger partial charge in [0, 0.05) is 6.08 Å². The molecule has 12 bridgehead atoms. The summed E-state index contributed by atoms with van der Waals surface area (Å²) < 4.78 is 74.5. The maximum atomic E-state index is 13.0. The van der Waals surface area contributed by atoms with E-state index in [1.165, 1.54) is 6.08 Å². The lowest BCUT2D eigenvalue weighted by Crippen LogP contribution is -2.69. The minimum Gasteiger partial charge on any atom is -0.460 e. The molecule has 23 rings (SSSR count). The molecule has 432 valence electrons. The van der Waals surface area contributed by atoms with E-state index in [0.29, 0.717) is 5.56 Å². The molecule has 22 saturated heterocycles. The molecule has 1 aromatic rings. The van der Waals surface area contributed by atoms with Crippen LogP contribution in [0.1, 0.15) is 5.56 Å². The average Bonchev–Trinajstić information content (AvgIpc) is 3.42. The van der Waals surface area contributed by atoms with Crippen LogP contribution >= 0.6 is 0 Å². The Kier molecular flexibility index (Phi) is 20.2. The van der Waals surface area contributed by atoms with Crippen molar-refractivity contribution in [1.82, 2.24) is 0 Å². The van der Waals surface area contributed by atoms with E-state index < -0.39 is 230 Å². The zero-order valence-electron chi connectivity index (χ0n) is 39.9. The molecular formula is C45H66O31. The van der Waals surface area contributed by atoms with Crippen molar-refractivity contribution in [2.24, 2.45) is 0 Å². The summed E-state index contributed by atoms with van der Waals surface area (Å²) in [5.41, 5.74) is 0.600. The van der Waals surface area contributed by atoms with Crippen LogP contribution in [-0.4, -0.2) is 317 Å². The molecule has 22 fully saturated rings. The number of esters is 1. The van der Waals surface area contributed by atoms with Gasteiger partial charge >= 0.3 is 5.97 Å². The second-order valence-corrected chi connectivity index (χ2v) is 19.0. The fourth-order valence-electron chi connectivity index (χ4n) is 9.86. The molecule has 17 N–H and O–H groups in total. The first kappa shape index (κ1) is 59.4. The lowest BCUT2D eigenvalue weighted by atomic mass is 9.94. The number of carbonyl (C=O) groups excluding carboxylic acids is 1. The van der Waals surface area contributed by atoms with Crippen molar-refractivity contribution in [1.29, 1.82) is 0 Å². The van der Waals surface area contributed by atoms with Gasteiger partial charge < -0.3 is 148 Å². The molecule has 22 aliphatic rings. The summed E-state index contributed by atoms with van der Waals surface area (Å²) in [7, 11) is 0. The van der Waals surface area contributed by atoms with Crippen LogP contribution in [0.25, 0.3) is 6.08 Å². The molecule has 0 saturated carbocycles. The minimum atomic E-state index is -2.22. The van der Waals surface area contributed by atoms with E-state index in [1.807, 2.05) is 0 Å². The van der Waals surface area contributed by atoms with Crippen molar-refractivity contribution in [2.75, 3.05) is 39.6 Å². The highest BCUT2D eigenvalue weighted by molar-refractivity contribution is 5.87. The Morgan fingerprint density at radius 1 is 0.355 bits per heavy atom. The van der Waals surface area contributed by atoms with Crippen molar-refractivity contribution in [3.8, 4) is 0 Å². The molecular weight excluding hydrogens is 1040 g/mol. The average molecular weight is 1100 g/mol. The van der Waals surface area contributed by atoms with Crippen LogP contribution in [0.2, 0.25) is 0 Å². The van der Waals surface area contributed by atoms with Crippen molar-refractivity contribution in [2.45, 2.75) is 184 Å². The highest BCUT2D eigenvalue weighted by atomic mass is 16.8. The van der Waals surface area contributed by atoms with Crippen LogP contribution in [-0.2, 0) is 66.4 Å². The molecule has 76 heavy (non-hydrogen) atoms. The maximum Gasteiger partial charge on any atom is 0.330 e. The van der Waals surface area contributed by atoms with Gasteiger partial charge in [-0.2, -0.15) is 0 Å². The van der Waals surface area contributed by atoms with Gasteiger partial charge in [-0.15, -0.1) is 0 Å². The zero-order chi connectivity index (χ0) is 54.9. The Morgan fingerprint density at radius 3 is 0.842 bits per heavy atom. The standard InChI is InChI=1S/C45H66O31/c46-8-15-34-22(52)28(58)40(65-15)72-35-16(9-47)67-42(30(60)24(35)54)74-37-18(11-49)69-44(32(62)26(37)56)76-39-20(13-64-21(51)7-6-14-4-2-1-3-5-14)70-45(33(63)27(39)57)75-38-19(12-50)68-43(31(61)25(38)55)73-36-17(10-48)66-41(71-34)29(59)23(36)53/h1-7,15-20,22-50,52-63H,8-13H2/b7-6+/t15-,16-,17-,18-,19-,20-,22-,23-,24-,25-,26-,27-,28-,29-,30-,31-,32-,33-,34-,35-,36-,37-,38-,39-,40-,41-,42-,43-,44-,45-/m1/s1. The molecule has 22 heterocycles. The zero-order valence-corrected chi connectivity index (χ0v) is 39.9. The molecule has 0 radical (unpaired) electrons. The number of benzene rings is 1. The summed E-state index contributed by atoms with van der Waals surface area (Å²) in [5, 5.41) is 188. The predicted octanol–water partition coefficient (Wildman–Crippen LogP) is -10.8. The van der Waals surface area contributed by atoms with Gasteiger partial charge in [-0.3, -0.25) is 0 Å². The predicted molar refractivity (Wildman–Crippen MR) is 235 cm³/mol. The second kappa shape index (κ2) is 25.8. The van der Waals surface area contributed by atoms with Gasteiger partial charge in [-0.05, 0) is 11.6 Å². The molecule has 0 spiro atoms. The highest BCUT2D eigenvalue weighted by Crippen LogP contribution is 2.38. The first-order valence-corrected chi connectivity index (χ1v) is 24.3. The number of aliphatic hydroxyl groups excluding tert-OH is 17. The third-order valence-electron chi connectivity index (χ3n) is 14.1. The fraction of sp³-hybridized carbons (Fsp3) is 0.800. The summed E-state index contributed by atoms with van der Waals surface area (Å²) >= 11 is 0. The fourth-order valence-corrected chi connectivity index (χ4v) is 9.86. The van der Waals surface area contributed by atoms with Crippen molar-refractivity contribution >= 4 is 12.0 Å². The van der Waals surface area contributed by atoms with Gasteiger partial charge in [0.2, 0.25) is 0 Å². The Labute approximate surface area is 430 Å². The molecule has 1 aromatic carbocycles. The van der Waals surface area contributed by atoms with E-state index in [-0.39, 0.29) is 0 Å². The van der Waals surface area contributed by atoms with Crippen molar-refractivity contribution in [3.63, 3.8) is 0 Å². The first-order valence-electron chi connectivity index (χ1n) is 24.3. The van der Waals surface area contributed by atoms with Gasteiger partial charge in [0.05, 0.1) is 33.0 Å². The van der Waals surface area contributed by atoms with Gasteiger partial charge in [0.1, 0.15) is 153 Å². The summed E-state index contributed by atoms with van der Waals surface area (Å²) in [4.78, 5) is 13.0. The van der Waals surface area contributed by atoms with Gasteiger partial charge in [-0.1, -0.05) is 30.3 Å². The summed E-state index contributed by atoms with van der Waals surface area (Å²) in [5.74, 6) is -0.971. The van der Waals surface area contributed by atoms with Crippen LogP contribution in [0.15, 0.2) is 36.4 Å². The topological polar surface area (TPSA) is 481 Å². The molecule has 31 heteroatoms. The van der Waals surface area contributed by atoms with Crippen LogP contribution in [0.3, 0.4) is 0 Å². The van der Waals surface area contributed by atoms with Crippen molar-refractivity contribution in [3.05, 3.63) is 42.0 Å². The number of rotatable bonds is 9. The van der Waals surface area contributed by atoms with E-state index in [1.54, 1.807) is 30.3 Å². The Hall–Kier alpha value is -2.73. The quantitative estimate of drug-likeness (QED) is 0.0806. The number of carbonyl (C=O) groups is 1. The smallest absolute Gasteiger partial charge is 0.330 e. The normalized spacial score (nSPS) is 49.6. The van der Waals surface area contributed by atoms with Crippen LogP contribution in [0.5, 0.6) is 0 Å². The molecule has 0 amide bonds. The molecule has 0 unspecified atom stereocenters. The van der Waals surface area contributed by atoms with Crippen LogP contribution in [0, 0.1) is 0 Å². The maximum absolute atomic E-state index is 13.0. The lowest BCUT2D eigenvalue weighted by Gasteiger charge is -2.50. The largest absolute Gasteiger partial charge is 0.460 e. The number of aliphatic hydroxyl groups is 17. The second-order valence-electron chi connectivity index (χ2n) is 19.0. The van der Waals surface area contributed by atoms with Crippen LogP contribution in [0.4, 0.5) is 0 Å². The monoisotopic (exact) mass is 1100 g/mol. The molecule has 0 aliphatic carbocycles. The Morgan fingerprint density at radius 2 is 0.592 bits per heavy atom. The summed E-state index contributed by atoms with van der Waals surface area (Å²) in [6.07, 6.45) is -57.3. The van der Waals surface area contributed by atoms with E-state index in [0.717, 1.165) is 6.08 Å². The Balaban J connectivity index is 1.10.